The number of hydrogen-bond acceptors (Lipinski definition) is 9. The van der Waals surface area contributed by atoms with Crippen molar-refractivity contribution in [2.45, 2.75) is 69.8 Å². The van der Waals surface area contributed by atoms with Crippen LogP contribution in [0.15, 0.2) is 47.3 Å². The average molecular weight is 574 g/mol. The molecular weight excluding hydrogens is 539 g/mol. The average Bonchev–Trinajstić information content (AvgIpc) is 3.43. The molecule has 2 aliphatic rings. The van der Waals surface area contributed by atoms with Gasteiger partial charge in [0.2, 0.25) is 5.82 Å². The lowest BCUT2D eigenvalue weighted by molar-refractivity contribution is -0.145. The first-order chi connectivity index (χ1) is 19.8. The third kappa shape index (κ3) is 7.46. The topological polar surface area (TPSA) is 117 Å². The van der Waals surface area contributed by atoms with Crippen molar-refractivity contribution in [3.8, 4) is 11.3 Å². The zero-order valence-electron chi connectivity index (χ0n) is 22.8. The number of amides is 1. The number of alkyl halides is 3. The summed E-state index contributed by atoms with van der Waals surface area (Å²) in [6.07, 6.45) is 5.12. The Hall–Kier alpha value is -3.87. The highest BCUT2D eigenvalue weighted by molar-refractivity contribution is 5.85. The minimum absolute atomic E-state index is 0.108. The van der Waals surface area contributed by atoms with Crippen molar-refractivity contribution in [3.63, 3.8) is 0 Å². The van der Waals surface area contributed by atoms with Gasteiger partial charge in [-0.3, -0.25) is 5.32 Å². The number of nitrogens with zero attached hydrogens (tertiary/aromatic N) is 4. The fourth-order valence-corrected chi connectivity index (χ4v) is 5.45. The van der Waals surface area contributed by atoms with Gasteiger partial charge in [0.25, 0.3) is 6.01 Å². The van der Waals surface area contributed by atoms with Gasteiger partial charge in [-0.05, 0) is 44.7 Å². The Morgan fingerprint density at radius 1 is 1.07 bits per heavy atom. The third-order valence-corrected chi connectivity index (χ3v) is 7.38. The van der Waals surface area contributed by atoms with Gasteiger partial charge in [0.15, 0.2) is 5.76 Å². The molecule has 1 saturated heterocycles. The summed E-state index contributed by atoms with van der Waals surface area (Å²) in [6, 6.07) is 8.15. The van der Waals surface area contributed by atoms with Crippen molar-refractivity contribution < 1.29 is 27.1 Å². The summed E-state index contributed by atoms with van der Waals surface area (Å²) in [4.78, 5) is 25.3. The van der Waals surface area contributed by atoms with Gasteiger partial charge in [-0.25, -0.2) is 19.7 Å². The number of hydrogen-bond donors (Lipinski definition) is 3. The van der Waals surface area contributed by atoms with Crippen LogP contribution in [-0.2, 0) is 10.9 Å². The molecule has 0 spiro atoms. The lowest BCUT2D eigenvalue weighted by Crippen LogP contribution is -2.55. The van der Waals surface area contributed by atoms with E-state index >= 15 is 0 Å². The molecule has 0 bridgehead atoms. The number of aromatic nitrogens is 3. The Morgan fingerprint density at radius 2 is 1.85 bits per heavy atom. The van der Waals surface area contributed by atoms with Gasteiger partial charge in [-0.1, -0.05) is 25.0 Å². The van der Waals surface area contributed by atoms with E-state index in [0.717, 1.165) is 50.6 Å². The smallest absolute Gasteiger partial charge is 0.450 e. The molecule has 1 aliphatic carbocycles. The van der Waals surface area contributed by atoms with E-state index in [2.05, 4.69) is 30.9 Å². The van der Waals surface area contributed by atoms with Crippen molar-refractivity contribution >= 4 is 23.5 Å². The predicted molar refractivity (Wildman–Crippen MR) is 148 cm³/mol. The molecule has 1 amide bonds. The number of oxazole rings is 1. The molecule has 3 atom stereocenters. The number of rotatable bonds is 8. The number of anilines is 3. The molecule has 13 heteroatoms. The molecular formula is C28H34F3N7O3. The highest BCUT2D eigenvalue weighted by atomic mass is 19.4. The van der Waals surface area contributed by atoms with E-state index in [1.54, 1.807) is 25.3 Å². The molecule has 2 aromatic heterocycles. The summed E-state index contributed by atoms with van der Waals surface area (Å²) in [6.45, 7) is 3.44. The fraction of sp³-hybridized carbons (Fsp3) is 0.500. The molecule has 5 rings (SSSR count). The molecule has 10 nitrogen and oxygen atoms in total. The Kier molecular flexibility index (Phi) is 8.91. The van der Waals surface area contributed by atoms with Gasteiger partial charge in [0.05, 0.1) is 30.9 Å². The first kappa shape index (κ1) is 28.7. The van der Waals surface area contributed by atoms with Crippen molar-refractivity contribution in [2.24, 2.45) is 0 Å². The number of carbonyl (C=O) groups is 1. The number of carbonyl (C=O) groups excluding carboxylic acids is 1. The number of piperidine rings is 1. The number of ether oxygens (including phenoxy) is 1. The second-order valence-corrected chi connectivity index (χ2v) is 10.3. The fourth-order valence-electron chi connectivity index (χ4n) is 5.45. The van der Waals surface area contributed by atoms with Gasteiger partial charge in [-0.15, -0.1) is 0 Å². The van der Waals surface area contributed by atoms with Crippen LogP contribution >= 0.6 is 0 Å². The zero-order valence-corrected chi connectivity index (χ0v) is 22.8. The number of benzene rings is 1. The van der Waals surface area contributed by atoms with E-state index in [-0.39, 0.29) is 24.7 Å². The SMILES string of the molecule is CCOC(=O)Nc1cccc(-c2cnc(N[C@@H]3CCCC[C@H]3N[C@H]3CCCN(c4cnc(C(F)(F)F)nc4)C3)o2)c1. The largest absolute Gasteiger partial charge is 0.451 e. The lowest BCUT2D eigenvalue weighted by atomic mass is 9.89. The number of halogens is 3. The first-order valence-electron chi connectivity index (χ1n) is 14.0. The minimum atomic E-state index is -4.55. The minimum Gasteiger partial charge on any atom is -0.450 e. The first-order valence-corrected chi connectivity index (χ1v) is 14.0. The molecule has 2 fully saturated rings. The van der Waals surface area contributed by atoms with Gasteiger partial charge in [0, 0.05) is 42.5 Å². The molecule has 0 unspecified atom stereocenters. The molecule has 41 heavy (non-hydrogen) atoms. The van der Waals surface area contributed by atoms with Crippen LogP contribution in [0.2, 0.25) is 0 Å². The summed E-state index contributed by atoms with van der Waals surface area (Å²) in [5, 5.41) is 9.95. The molecule has 1 saturated carbocycles. The van der Waals surface area contributed by atoms with Gasteiger partial charge in [0.1, 0.15) is 0 Å². The van der Waals surface area contributed by atoms with E-state index in [4.69, 9.17) is 9.15 Å². The van der Waals surface area contributed by atoms with Crippen LogP contribution in [0.3, 0.4) is 0 Å². The van der Waals surface area contributed by atoms with Crippen molar-refractivity contribution in [2.75, 3.05) is 35.2 Å². The summed E-state index contributed by atoms with van der Waals surface area (Å²) in [7, 11) is 0. The Balaban J connectivity index is 1.20. The highest BCUT2D eigenvalue weighted by Crippen LogP contribution is 2.30. The molecule has 1 aromatic carbocycles. The molecule has 3 heterocycles. The monoisotopic (exact) mass is 573 g/mol. The molecule has 220 valence electrons. The van der Waals surface area contributed by atoms with E-state index in [0.29, 0.717) is 29.7 Å². The molecule has 3 aromatic rings. The van der Waals surface area contributed by atoms with Crippen LogP contribution in [0.25, 0.3) is 11.3 Å². The van der Waals surface area contributed by atoms with Crippen LogP contribution in [0, 0.1) is 0 Å². The Morgan fingerprint density at radius 3 is 2.61 bits per heavy atom. The number of nitrogens with one attached hydrogen (secondary N) is 3. The van der Waals surface area contributed by atoms with Crippen LogP contribution in [0.4, 0.5) is 35.4 Å². The maximum absolute atomic E-state index is 12.9. The van der Waals surface area contributed by atoms with Gasteiger partial charge >= 0.3 is 12.3 Å². The Labute approximate surface area is 236 Å². The maximum atomic E-state index is 12.9. The zero-order chi connectivity index (χ0) is 28.8. The van der Waals surface area contributed by atoms with E-state index < -0.39 is 18.1 Å². The maximum Gasteiger partial charge on any atom is 0.451 e. The molecule has 1 aliphatic heterocycles. The van der Waals surface area contributed by atoms with E-state index in [1.807, 2.05) is 17.0 Å². The third-order valence-electron chi connectivity index (χ3n) is 7.38. The second kappa shape index (κ2) is 12.8. The normalized spacial score (nSPS) is 21.4. The molecule has 0 radical (unpaired) electrons. The summed E-state index contributed by atoms with van der Waals surface area (Å²) in [5.41, 5.74) is 1.96. The second-order valence-electron chi connectivity index (χ2n) is 10.3. The van der Waals surface area contributed by atoms with Gasteiger partial charge < -0.3 is 24.7 Å². The van der Waals surface area contributed by atoms with Gasteiger partial charge in [-0.2, -0.15) is 13.2 Å². The quantitative estimate of drug-likeness (QED) is 0.312. The van der Waals surface area contributed by atoms with Crippen LogP contribution < -0.4 is 20.9 Å². The predicted octanol–water partition coefficient (Wildman–Crippen LogP) is 5.70. The van der Waals surface area contributed by atoms with Crippen LogP contribution in [0.1, 0.15) is 51.3 Å². The van der Waals surface area contributed by atoms with E-state index in [9.17, 15) is 18.0 Å². The highest BCUT2D eigenvalue weighted by Gasteiger charge is 2.35. The molecule has 3 N–H and O–H groups in total. The van der Waals surface area contributed by atoms with Crippen molar-refractivity contribution in [1.82, 2.24) is 20.3 Å². The van der Waals surface area contributed by atoms with Crippen molar-refractivity contribution in [1.29, 1.82) is 0 Å². The van der Waals surface area contributed by atoms with E-state index in [1.165, 1.54) is 12.4 Å². The standard InChI is InChI=1S/C28H34F3N7O3/c1-2-40-27(39)36-19-8-5-7-18(13-19)24-16-34-26(41-24)37-23-11-4-3-10-22(23)35-20-9-6-12-38(17-20)21-14-32-25(33-15-21)28(29,30)31/h5,7-8,13-16,20,22-23,35H,2-4,6,9-12,17H2,1H3,(H,34,37)(H,36,39)/t20-,22+,23+/m0/s1. The lowest BCUT2D eigenvalue weighted by Gasteiger charge is -2.40. The van der Waals surface area contributed by atoms with Crippen molar-refractivity contribution in [3.05, 3.63) is 48.7 Å². The Bertz CT molecular complexity index is 1300. The summed E-state index contributed by atoms with van der Waals surface area (Å²) in [5.74, 6) is -0.554. The van der Waals surface area contributed by atoms with Crippen LogP contribution in [-0.4, -0.2) is 58.9 Å². The van der Waals surface area contributed by atoms with Crippen LogP contribution in [0.5, 0.6) is 0 Å². The summed E-state index contributed by atoms with van der Waals surface area (Å²) >= 11 is 0. The summed E-state index contributed by atoms with van der Waals surface area (Å²) < 4.78 is 49.6.